The summed E-state index contributed by atoms with van der Waals surface area (Å²) in [4.78, 5) is 27.8. The van der Waals surface area contributed by atoms with Crippen molar-refractivity contribution >= 4 is 39.5 Å². The van der Waals surface area contributed by atoms with Gasteiger partial charge in [-0.1, -0.05) is 79.2 Å². The summed E-state index contributed by atoms with van der Waals surface area (Å²) < 4.78 is 1.04. The van der Waals surface area contributed by atoms with Crippen molar-refractivity contribution in [2.45, 2.75) is 45.4 Å². The summed E-state index contributed by atoms with van der Waals surface area (Å²) in [6, 6.07) is 17.8. The number of hydrogen-bond acceptors (Lipinski definition) is 3. The number of carbonyl (C=O) groups excluding carboxylic acids is 2. The van der Waals surface area contributed by atoms with Crippen LogP contribution < -0.4 is 5.32 Å². The van der Waals surface area contributed by atoms with E-state index in [-0.39, 0.29) is 11.8 Å². The van der Waals surface area contributed by atoms with Crippen molar-refractivity contribution in [3.05, 3.63) is 70.2 Å². The van der Waals surface area contributed by atoms with Gasteiger partial charge in [0.2, 0.25) is 11.8 Å². The van der Waals surface area contributed by atoms with Crippen LogP contribution in [0.25, 0.3) is 0 Å². The van der Waals surface area contributed by atoms with Crippen LogP contribution in [-0.2, 0) is 21.8 Å². The molecule has 0 radical (unpaired) electrons. The molecule has 0 aliphatic rings. The predicted octanol–water partition coefficient (Wildman–Crippen LogP) is 5.30. The van der Waals surface area contributed by atoms with E-state index < -0.39 is 6.04 Å². The van der Waals surface area contributed by atoms with Gasteiger partial charge in [-0.3, -0.25) is 9.59 Å². The fourth-order valence-electron chi connectivity index (χ4n) is 3.24. The first-order valence-electron chi connectivity index (χ1n) is 10.8. The molecule has 6 heteroatoms. The molecule has 2 aromatic carbocycles. The van der Waals surface area contributed by atoms with Crippen molar-refractivity contribution < 1.29 is 9.59 Å². The molecule has 0 saturated heterocycles. The molecule has 0 aromatic heterocycles. The Morgan fingerprint density at radius 3 is 2.32 bits per heavy atom. The molecule has 2 rings (SSSR count). The molecule has 1 N–H and O–H groups in total. The largest absolute Gasteiger partial charge is 0.354 e. The lowest BCUT2D eigenvalue weighted by Crippen LogP contribution is -2.51. The Hall–Kier alpha value is -1.79. The monoisotopic (exact) mass is 504 g/mol. The van der Waals surface area contributed by atoms with Gasteiger partial charge in [-0.25, -0.2) is 0 Å². The molecule has 1 unspecified atom stereocenters. The highest BCUT2D eigenvalue weighted by atomic mass is 79.9. The van der Waals surface area contributed by atoms with E-state index in [2.05, 4.69) is 59.4 Å². The van der Waals surface area contributed by atoms with Gasteiger partial charge in [-0.2, -0.15) is 0 Å². The smallest absolute Gasteiger partial charge is 0.242 e. The molecule has 0 saturated carbocycles. The Bertz CT molecular complexity index is 812. The van der Waals surface area contributed by atoms with Crippen molar-refractivity contribution in [3.8, 4) is 0 Å². The van der Waals surface area contributed by atoms with Crippen molar-refractivity contribution in [2.24, 2.45) is 5.92 Å². The zero-order valence-electron chi connectivity index (χ0n) is 18.6. The van der Waals surface area contributed by atoms with Gasteiger partial charge in [-0.15, -0.1) is 11.8 Å². The van der Waals surface area contributed by atoms with Gasteiger partial charge in [0.15, 0.2) is 0 Å². The third kappa shape index (κ3) is 9.08. The molecule has 168 valence electrons. The summed E-state index contributed by atoms with van der Waals surface area (Å²) in [6.07, 6.45) is 1.33. The van der Waals surface area contributed by atoms with E-state index in [1.54, 1.807) is 16.7 Å². The normalized spacial score (nSPS) is 11.9. The summed E-state index contributed by atoms with van der Waals surface area (Å²) in [5, 5.41) is 3.01. The molecule has 31 heavy (non-hydrogen) atoms. The second-order valence-electron chi connectivity index (χ2n) is 8.01. The van der Waals surface area contributed by atoms with Crippen molar-refractivity contribution in [1.29, 1.82) is 0 Å². The maximum atomic E-state index is 13.2. The fourth-order valence-corrected chi connectivity index (χ4v) is 4.37. The Kier molecular flexibility index (Phi) is 11.2. The first-order valence-corrected chi connectivity index (χ1v) is 12.8. The van der Waals surface area contributed by atoms with Gasteiger partial charge in [0.1, 0.15) is 6.04 Å². The molecule has 2 amide bonds. The highest BCUT2D eigenvalue weighted by Gasteiger charge is 2.28. The summed E-state index contributed by atoms with van der Waals surface area (Å²) in [7, 11) is 0. The number of nitrogens with zero attached hydrogens (tertiary/aromatic N) is 1. The zero-order chi connectivity index (χ0) is 22.6. The van der Waals surface area contributed by atoms with Crippen LogP contribution in [0.3, 0.4) is 0 Å². The fraction of sp³-hybridized carbons (Fsp3) is 0.440. The molecule has 0 fully saturated rings. The molecule has 4 nitrogen and oxygen atoms in total. The number of benzene rings is 2. The lowest BCUT2D eigenvalue weighted by atomic mass is 10.1. The Morgan fingerprint density at radius 2 is 1.71 bits per heavy atom. The molecule has 1 atom stereocenters. The number of amides is 2. The number of rotatable bonds is 12. The van der Waals surface area contributed by atoms with E-state index in [9.17, 15) is 9.59 Å². The number of hydrogen-bond donors (Lipinski definition) is 1. The van der Waals surface area contributed by atoms with Crippen LogP contribution >= 0.6 is 27.7 Å². The van der Waals surface area contributed by atoms with E-state index in [0.717, 1.165) is 16.6 Å². The zero-order valence-corrected chi connectivity index (χ0v) is 21.0. The lowest BCUT2D eigenvalue weighted by molar-refractivity contribution is -0.138. The van der Waals surface area contributed by atoms with Crippen LogP contribution in [-0.4, -0.2) is 41.6 Å². The number of carbonyl (C=O) groups is 2. The van der Waals surface area contributed by atoms with Gasteiger partial charge >= 0.3 is 0 Å². The minimum atomic E-state index is -0.441. The van der Waals surface area contributed by atoms with E-state index in [0.29, 0.717) is 31.2 Å². The molecule has 0 bridgehead atoms. The van der Waals surface area contributed by atoms with Gasteiger partial charge in [0.05, 0.1) is 5.75 Å². The lowest BCUT2D eigenvalue weighted by Gasteiger charge is -2.31. The van der Waals surface area contributed by atoms with Crippen LogP contribution in [0.2, 0.25) is 0 Å². The second kappa shape index (κ2) is 13.6. The molecule has 2 aromatic rings. The molecular weight excluding hydrogens is 472 g/mol. The third-order valence-corrected chi connectivity index (χ3v) is 6.48. The highest BCUT2D eigenvalue weighted by molar-refractivity contribution is 9.10. The third-order valence-electron chi connectivity index (χ3n) is 4.96. The minimum absolute atomic E-state index is 0.0181. The van der Waals surface area contributed by atoms with E-state index in [4.69, 9.17) is 0 Å². The Balaban J connectivity index is 2.03. The first kappa shape index (κ1) is 25.5. The van der Waals surface area contributed by atoms with Gasteiger partial charge in [0.25, 0.3) is 0 Å². The standard InChI is InChI=1S/C25H33BrN2O2S/c1-4-23(25(30)27-16-19(2)3)28(15-14-20-8-6-5-7-9-20)24(29)18-31-17-21-10-12-22(26)13-11-21/h5-13,19,23H,4,14-18H2,1-3H3,(H,27,30). The molecule has 0 aliphatic carbocycles. The van der Waals surface area contributed by atoms with E-state index in [1.807, 2.05) is 37.3 Å². The molecule has 0 heterocycles. The van der Waals surface area contributed by atoms with Crippen LogP contribution in [0.5, 0.6) is 0 Å². The summed E-state index contributed by atoms with van der Waals surface area (Å²) in [5.74, 6) is 1.46. The quantitative estimate of drug-likeness (QED) is 0.426. The predicted molar refractivity (Wildman–Crippen MR) is 134 cm³/mol. The van der Waals surface area contributed by atoms with E-state index >= 15 is 0 Å². The van der Waals surface area contributed by atoms with Gasteiger partial charge in [-0.05, 0) is 42.0 Å². The van der Waals surface area contributed by atoms with Crippen LogP contribution in [0, 0.1) is 5.92 Å². The van der Waals surface area contributed by atoms with Crippen molar-refractivity contribution in [1.82, 2.24) is 10.2 Å². The number of halogens is 1. The maximum absolute atomic E-state index is 13.2. The maximum Gasteiger partial charge on any atom is 0.242 e. The first-order chi connectivity index (χ1) is 14.9. The topological polar surface area (TPSA) is 49.4 Å². The Morgan fingerprint density at radius 1 is 1.03 bits per heavy atom. The van der Waals surface area contributed by atoms with E-state index in [1.165, 1.54) is 11.1 Å². The summed E-state index contributed by atoms with van der Waals surface area (Å²) >= 11 is 5.04. The van der Waals surface area contributed by atoms with Crippen LogP contribution in [0.1, 0.15) is 38.3 Å². The molecule has 0 spiro atoms. The number of nitrogens with one attached hydrogen (secondary N) is 1. The Labute approximate surface area is 199 Å². The molecule has 0 aliphatic heterocycles. The van der Waals surface area contributed by atoms with Crippen molar-refractivity contribution in [2.75, 3.05) is 18.8 Å². The average molecular weight is 506 g/mol. The number of thioether (sulfide) groups is 1. The second-order valence-corrected chi connectivity index (χ2v) is 9.91. The highest BCUT2D eigenvalue weighted by Crippen LogP contribution is 2.18. The van der Waals surface area contributed by atoms with Gasteiger partial charge in [0, 0.05) is 23.3 Å². The SMILES string of the molecule is CCC(C(=O)NCC(C)C)N(CCc1ccccc1)C(=O)CSCc1ccc(Br)cc1. The summed E-state index contributed by atoms with van der Waals surface area (Å²) in [5.41, 5.74) is 2.35. The van der Waals surface area contributed by atoms with Crippen LogP contribution in [0.15, 0.2) is 59.1 Å². The molecular formula is C25H33BrN2O2S. The van der Waals surface area contributed by atoms with Crippen molar-refractivity contribution in [3.63, 3.8) is 0 Å². The van der Waals surface area contributed by atoms with Crippen LogP contribution in [0.4, 0.5) is 0 Å². The van der Waals surface area contributed by atoms with Gasteiger partial charge < -0.3 is 10.2 Å². The minimum Gasteiger partial charge on any atom is -0.354 e. The average Bonchev–Trinajstić information content (AvgIpc) is 2.77. The summed E-state index contributed by atoms with van der Waals surface area (Å²) in [6.45, 7) is 7.26.